The van der Waals surface area contributed by atoms with Crippen LogP contribution in [0.3, 0.4) is 0 Å². The highest BCUT2D eigenvalue weighted by atomic mass is 16.5. The van der Waals surface area contributed by atoms with E-state index in [0.717, 1.165) is 45.3 Å². The van der Waals surface area contributed by atoms with Crippen molar-refractivity contribution in [1.82, 2.24) is 0 Å². The first-order valence-corrected chi connectivity index (χ1v) is 5.79. The SMILES string of the molecule is OC(C1CC=CCC1)C1CCOCC1. The molecule has 2 atom stereocenters. The van der Waals surface area contributed by atoms with Crippen molar-refractivity contribution in [2.75, 3.05) is 13.2 Å². The molecular formula is C12H20O2. The van der Waals surface area contributed by atoms with Gasteiger partial charge in [0.05, 0.1) is 6.10 Å². The van der Waals surface area contributed by atoms with E-state index in [1.807, 2.05) is 0 Å². The first-order chi connectivity index (χ1) is 6.88. The largest absolute Gasteiger partial charge is 0.393 e. The zero-order chi connectivity index (χ0) is 9.80. The molecule has 0 radical (unpaired) electrons. The number of ether oxygens (including phenoxy) is 1. The fraction of sp³-hybridized carbons (Fsp3) is 0.833. The second-order valence-corrected chi connectivity index (χ2v) is 4.48. The maximum Gasteiger partial charge on any atom is 0.0601 e. The minimum atomic E-state index is -0.0937. The smallest absolute Gasteiger partial charge is 0.0601 e. The Hall–Kier alpha value is -0.340. The Kier molecular flexibility index (Phi) is 3.60. The molecule has 14 heavy (non-hydrogen) atoms. The number of aliphatic hydroxyl groups excluding tert-OH is 1. The van der Waals surface area contributed by atoms with Crippen molar-refractivity contribution in [3.8, 4) is 0 Å². The van der Waals surface area contributed by atoms with E-state index in [0.29, 0.717) is 11.8 Å². The van der Waals surface area contributed by atoms with Gasteiger partial charge in [0.1, 0.15) is 0 Å². The third-order valence-electron chi connectivity index (χ3n) is 3.54. The molecule has 1 heterocycles. The highest BCUT2D eigenvalue weighted by Gasteiger charge is 2.28. The summed E-state index contributed by atoms with van der Waals surface area (Å²) in [5.74, 6) is 0.989. The summed E-state index contributed by atoms with van der Waals surface area (Å²) in [6.45, 7) is 1.68. The zero-order valence-electron chi connectivity index (χ0n) is 8.69. The molecule has 1 aliphatic heterocycles. The summed E-state index contributed by atoms with van der Waals surface area (Å²) in [5.41, 5.74) is 0. The van der Waals surface area contributed by atoms with E-state index >= 15 is 0 Å². The standard InChI is InChI=1S/C12H20O2/c13-12(10-4-2-1-3-5-10)11-6-8-14-9-7-11/h1-2,10-13H,3-9H2. The molecule has 0 amide bonds. The van der Waals surface area contributed by atoms with E-state index in [2.05, 4.69) is 12.2 Å². The third-order valence-corrected chi connectivity index (χ3v) is 3.54. The molecule has 0 spiro atoms. The predicted octanol–water partition coefficient (Wildman–Crippen LogP) is 2.13. The first-order valence-electron chi connectivity index (χ1n) is 5.79. The van der Waals surface area contributed by atoms with E-state index in [-0.39, 0.29) is 6.10 Å². The fourth-order valence-corrected chi connectivity index (χ4v) is 2.57. The highest BCUT2D eigenvalue weighted by Crippen LogP contribution is 2.30. The molecule has 0 aromatic carbocycles. The second-order valence-electron chi connectivity index (χ2n) is 4.48. The Bertz CT molecular complexity index is 194. The van der Waals surface area contributed by atoms with Gasteiger partial charge in [-0.15, -0.1) is 0 Å². The van der Waals surface area contributed by atoms with Gasteiger partial charge in [0.25, 0.3) is 0 Å². The molecule has 2 heteroatoms. The number of aliphatic hydroxyl groups is 1. The van der Waals surface area contributed by atoms with Gasteiger partial charge in [-0.05, 0) is 43.9 Å². The summed E-state index contributed by atoms with van der Waals surface area (Å²) < 4.78 is 5.31. The van der Waals surface area contributed by atoms with Crippen molar-refractivity contribution in [2.45, 2.75) is 38.2 Å². The van der Waals surface area contributed by atoms with Gasteiger partial charge < -0.3 is 9.84 Å². The molecule has 2 nitrogen and oxygen atoms in total. The van der Waals surface area contributed by atoms with Crippen LogP contribution in [0.25, 0.3) is 0 Å². The van der Waals surface area contributed by atoms with Gasteiger partial charge in [0.2, 0.25) is 0 Å². The van der Waals surface area contributed by atoms with Crippen LogP contribution < -0.4 is 0 Å². The summed E-state index contributed by atoms with van der Waals surface area (Å²) in [6.07, 6.45) is 9.81. The lowest BCUT2D eigenvalue weighted by Crippen LogP contribution is -2.33. The summed E-state index contributed by atoms with van der Waals surface area (Å²) >= 11 is 0. The molecule has 1 N–H and O–H groups in total. The summed E-state index contributed by atoms with van der Waals surface area (Å²) in [6, 6.07) is 0. The van der Waals surface area contributed by atoms with Crippen LogP contribution in [0.5, 0.6) is 0 Å². The van der Waals surface area contributed by atoms with Gasteiger partial charge in [0.15, 0.2) is 0 Å². The van der Waals surface area contributed by atoms with Crippen LogP contribution in [0.1, 0.15) is 32.1 Å². The van der Waals surface area contributed by atoms with E-state index in [9.17, 15) is 5.11 Å². The molecule has 1 saturated heterocycles. The average Bonchev–Trinajstić information content (AvgIpc) is 2.30. The molecule has 1 fully saturated rings. The van der Waals surface area contributed by atoms with Crippen LogP contribution in [0.4, 0.5) is 0 Å². The first kappa shape index (κ1) is 10.2. The summed E-state index contributed by atoms with van der Waals surface area (Å²) in [5, 5.41) is 10.2. The van der Waals surface area contributed by atoms with Crippen LogP contribution in [0.15, 0.2) is 12.2 Å². The zero-order valence-corrected chi connectivity index (χ0v) is 8.69. The van der Waals surface area contributed by atoms with Crippen molar-refractivity contribution in [3.05, 3.63) is 12.2 Å². The van der Waals surface area contributed by atoms with Crippen molar-refractivity contribution < 1.29 is 9.84 Å². The quantitative estimate of drug-likeness (QED) is 0.686. The van der Waals surface area contributed by atoms with E-state index < -0.39 is 0 Å². The van der Waals surface area contributed by atoms with Gasteiger partial charge in [-0.25, -0.2) is 0 Å². The Labute approximate surface area is 86.0 Å². The Balaban J connectivity index is 1.86. The maximum atomic E-state index is 10.2. The van der Waals surface area contributed by atoms with Crippen molar-refractivity contribution in [3.63, 3.8) is 0 Å². The topological polar surface area (TPSA) is 29.5 Å². The molecule has 2 unspecified atom stereocenters. The van der Waals surface area contributed by atoms with E-state index in [4.69, 9.17) is 4.74 Å². The van der Waals surface area contributed by atoms with Crippen LogP contribution in [0.2, 0.25) is 0 Å². The summed E-state index contributed by atoms with van der Waals surface area (Å²) in [7, 11) is 0. The molecule has 1 aliphatic carbocycles. The normalized spacial score (nSPS) is 31.6. The maximum absolute atomic E-state index is 10.2. The third kappa shape index (κ3) is 2.37. The summed E-state index contributed by atoms with van der Waals surface area (Å²) in [4.78, 5) is 0. The van der Waals surface area contributed by atoms with Gasteiger partial charge >= 0.3 is 0 Å². The number of rotatable bonds is 2. The van der Waals surface area contributed by atoms with Crippen molar-refractivity contribution in [1.29, 1.82) is 0 Å². The molecule has 0 aromatic heterocycles. The molecule has 2 rings (SSSR count). The number of allylic oxidation sites excluding steroid dienone is 2. The molecule has 2 aliphatic rings. The van der Waals surface area contributed by atoms with Crippen LogP contribution >= 0.6 is 0 Å². The van der Waals surface area contributed by atoms with Crippen LogP contribution in [-0.4, -0.2) is 24.4 Å². The minimum absolute atomic E-state index is 0.0937. The monoisotopic (exact) mass is 196 g/mol. The Morgan fingerprint density at radius 1 is 1.07 bits per heavy atom. The number of hydrogen-bond donors (Lipinski definition) is 1. The Morgan fingerprint density at radius 3 is 2.50 bits per heavy atom. The lowest BCUT2D eigenvalue weighted by Gasteiger charge is -2.32. The molecule has 0 aromatic rings. The van der Waals surface area contributed by atoms with Crippen LogP contribution in [0, 0.1) is 11.8 Å². The highest BCUT2D eigenvalue weighted by molar-refractivity contribution is 4.93. The number of hydrogen-bond acceptors (Lipinski definition) is 2. The predicted molar refractivity (Wildman–Crippen MR) is 56.0 cm³/mol. The van der Waals surface area contributed by atoms with Gasteiger partial charge in [-0.3, -0.25) is 0 Å². The van der Waals surface area contributed by atoms with Crippen LogP contribution in [-0.2, 0) is 4.74 Å². The van der Waals surface area contributed by atoms with E-state index in [1.165, 1.54) is 0 Å². The van der Waals surface area contributed by atoms with E-state index in [1.54, 1.807) is 0 Å². The fourth-order valence-electron chi connectivity index (χ4n) is 2.57. The molecule has 80 valence electrons. The lowest BCUT2D eigenvalue weighted by atomic mass is 9.80. The lowest BCUT2D eigenvalue weighted by molar-refractivity contribution is -0.0191. The van der Waals surface area contributed by atoms with Crippen molar-refractivity contribution in [2.24, 2.45) is 11.8 Å². The average molecular weight is 196 g/mol. The van der Waals surface area contributed by atoms with Gasteiger partial charge in [-0.2, -0.15) is 0 Å². The second kappa shape index (κ2) is 4.94. The molecule has 0 saturated carbocycles. The van der Waals surface area contributed by atoms with Gasteiger partial charge in [0, 0.05) is 13.2 Å². The minimum Gasteiger partial charge on any atom is -0.393 e. The van der Waals surface area contributed by atoms with Gasteiger partial charge in [-0.1, -0.05) is 12.2 Å². The van der Waals surface area contributed by atoms with Crippen molar-refractivity contribution >= 4 is 0 Å². The Morgan fingerprint density at radius 2 is 1.86 bits per heavy atom. The molecule has 0 bridgehead atoms. The molecular weight excluding hydrogens is 176 g/mol.